The van der Waals surface area contributed by atoms with Crippen molar-refractivity contribution in [1.82, 2.24) is 18.4 Å². The first-order chi connectivity index (χ1) is 14.5. The second-order valence-corrected chi connectivity index (χ2v) is 10.0. The lowest BCUT2D eigenvalue weighted by Crippen LogP contribution is -2.57. The number of imide groups is 1. The molecule has 2 aliphatic heterocycles. The predicted molar refractivity (Wildman–Crippen MR) is 116 cm³/mol. The lowest BCUT2D eigenvalue weighted by Gasteiger charge is -2.38. The molecule has 0 aliphatic carbocycles. The minimum atomic E-state index is -3.59. The molecule has 0 radical (unpaired) electrons. The zero-order valence-electron chi connectivity index (χ0n) is 17.5. The highest BCUT2D eigenvalue weighted by molar-refractivity contribution is 7.86. The molecule has 0 spiro atoms. The van der Waals surface area contributed by atoms with Crippen LogP contribution in [0, 0.1) is 0 Å². The van der Waals surface area contributed by atoms with Gasteiger partial charge >= 0.3 is 0 Å². The number of piperazine rings is 1. The van der Waals surface area contributed by atoms with E-state index in [4.69, 9.17) is 23.2 Å². The fourth-order valence-corrected chi connectivity index (χ4v) is 5.76. The van der Waals surface area contributed by atoms with Gasteiger partial charge in [0.15, 0.2) is 0 Å². The smallest absolute Gasteiger partial charge is 0.282 e. The number of halogens is 2. The molecule has 3 rings (SSSR count). The van der Waals surface area contributed by atoms with Crippen LogP contribution >= 0.6 is 23.2 Å². The van der Waals surface area contributed by atoms with Crippen LogP contribution in [-0.2, 0) is 15.0 Å². The van der Waals surface area contributed by atoms with Gasteiger partial charge in [-0.15, -0.1) is 0 Å². The first-order valence-corrected chi connectivity index (χ1v) is 12.1. The van der Waals surface area contributed by atoms with E-state index in [1.54, 1.807) is 13.8 Å². The number of carbonyl (C=O) groups is 3. The highest BCUT2D eigenvalue weighted by atomic mass is 35.5. The summed E-state index contributed by atoms with van der Waals surface area (Å²) < 4.78 is 28.0. The van der Waals surface area contributed by atoms with Gasteiger partial charge in [0.2, 0.25) is 5.91 Å². The summed E-state index contributed by atoms with van der Waals surface area (Å²) in [4.78, 5) is 40.9. The summed E-state index contributed by atoms with van der Waals surface area (Å²) >= 11 is 11.9. The zero-order chi connectivity index (χ0) is 23.1. The molecule has 2 heterocycles. The lowest BCUT2D eigenvalue weighted by atomic mass is 10.1. The first kappa shape index (κ1) is 23.9. The number of rotatable bonds is 6. The Kier molecular flexibility index (Phi) is 6.97. The summed E-state index contributed by atoms with van der Waals surface area (Å²) in [5, 5.41) is 0.292. The Balaban J connectivity index is 1.71. The first-order valence-electron chi connectivity index (χ1n) is 9.95. The van der Waals surface area contributed by atoms with Gasteiger partial charge in [-0.2, -0.15) is 17.0 Å². The standard InChI is InChI=1S/C19H24Cl2N4O5S/c1-4-23(5-2)31(29,30)24-8-6-22(7-9-24)17(26)12(3)25-18(27)13-10-15(20)16(21)11-14(13)19(25)28/h10-12H,4-9H2,1-3H3. The highest BCUT2D eigenvalue weighted by Crippen LogP contribution is 2.32. The molecule has 0 bridgehead atoms. The van der Waals surface area contributed by atoms with Crippen molar-refractivity contribution in [2.75, 3.05) is 39.3 Å². The summed E-state index contributed by atoms with van der Waals surface area (Å²) in [6, 6.07) is 1.61. The average Bonchev–Trinajstić information content (AvgIpc) is 2.97. The summed E-state index contributed by atoms with van der Waals surface area (Å²) in [5.74, 6) is -1.64. The molecule has 1 saturated heterocycles. The van der Waals surface area contributed by atoms with E-state index in [-0.39, 0.29) is 47.4 Å². The van der Waals surface area contributed by atoms with Crippen LogP contribution in [0.15, 0.2) is 12.1 Å². The van der Waals surface area contributed by atoms with Crippen LogP contribution in [0.4, 0.5) is 0 Å². The summed E-state index contributed by atoms with van der Waals surface area (Å²) in [7, 11) is -3.59. The van der Waals surface area contributed by atoms with Crippen molar-refractivity contribution in [3.63, 3.8) is 0 Å². The molecular weight excluding hydrogens is 467 g/mol. The summed E-state index contributed by atoms with van der Waals surface area (Å²) in [6.45, 7) is 6.37. The second kappa shape index (κ2) is 9.03. The largest absolute Gasteiger partial charge is 0.338 e. The topological polar surface area (TPSA) is 98.3 Å². The van der Waals surface area contributed by atoms with Crippen LogP contribution < -0.4 is 0 Å². The van der Waals surface area contributed by atoms with Crippen LogP contribution in [0.3, 0.4) is 0 Å². The van der Waals surface area contributed by atoms with Crippen molar-refractivity contribution < 1.29 is 22.8 Å². The third-order valence-corrected chi connectivity index (χ3v) is 8.52. The van der Waals surface area contributed by atoms with Crippen LogP contribution in [0.1, 0.15) is 41.5 Å². The van der Waals surface area contributed by atoms with E-state index in [9.17, 15) is 22.8 Å². The van der Waals surface area contributed by atoms with E-state index < -0.39 is 34.0 Å². The highest BCUT2D eigenvalue weighted by Gasteiger charge is 2.43. The van der Waals surface area contributed by atoms with Gasteiger partial charge in [0.1, 0.15) is 6.04 Å². The molecule has 0 N–H and O–H groups in total. The number of fused-ring (bicyclic) bond motifs is 1. The second-order valence-electron chi connectivity index (χ2n) is 7.28. The van der Waals surface area contributed by atoms with E-state index in [1.165, 1.54) is 32.6 Å². The predicted octanol–water partition coefficient (Wildman–Crippen LogP) is 1.71. The van der Waals surface area contributed by atoms with E-state index in [0.29, 0.717) is 13.1 Å². The number of benzene rings is 1. The average molecular weight is 491 g/mol. The Morgan fingerprint density at radius 1 is 1.00 bits per heavy atom. The minimum absolute atomic E-state index is 0.106. The van der Waals surface area contributed by atoms with Gasteiger partial charge in [-0.25, -0.2) is 0 Å². The van der Waals surface area contributed by atoms with Gasteiger partial charge in [-0.1, -0.05) is 37.0 Å². The third-order valence-electron chi connectivity index (χ3n) is 5.61. The Labute approximate surface area is 191 Å². The molecule has 0 saturated carbocycles. The molecule has 0 aromatic heterocycles. The van der Waals surface area contributed by atoms with E-state index in [2.05, 4.69) is 0 Å². The fraction of sp³-hybridized carbons (Fsp3) is 0.526. The lowest BCUT2D eigenvalue weighted by molar-refractivity contribution is -0.136. The maximum absolute atomic E-state index is 13.0. The van der Waals surface area contributed by atoms with Gasteiger partial charge in [0.05, 0.1) is 21.2 Å². The Bertz CT molecular complexity index is 979. The Hall–Kier alpha value is -1.72. The van der Waals surface area contributed by atoms with Crippen molar-refractivity contribution in [3.8, 4) is 0 Å². The van der Waals surface area contributed by atoms with Crippen molar-refractivity contribution in [2.24, 2.45) is 0 Å². The molecule has 1 unspecified atom stereocenters. The number of hydrogen-bond acceptors (Lipinski definition) is 5. The van der Waals surface area contributed by atoms with Gasteiger partial charge in [0.25, 0.3) is 22.0 Å². The van der Waals surface area contributed by atoms with Crippen LogP contribution in [0.2, 0.25) is 10.0 Å². The molecule has 12 heteroatoms. The SMILES string of the molecule is CCN(CC)S(=O)(=O)N1CCN(C(=O)C(C)N2C(=O)c3cc(Cl)c(Cl)cc3C2=O)CC1. The van der Waals surface area contributed by atoms with Crippen LogP contribution in [0.25, 0.3) is 0 Å². The monoisotopic (exact) mass is 490 g/mol. The Morgan fingerprint density at radius 3 is 1.87 bits per heavy atom. The van der Waals surface area contributed by atoms with Crippen molar-refractivity contribution >= 4 is 51.1 Å². The maximum atomic E-state index is 13.0. The fourth-order valence-electron chi connectivity index (χ4n) is 3.83. The third kappa shape index (κ3) is 4.19. The Morgan fingerprint density at radius 2 is 1.45 bits per heavy atom. The molecule has 2 aliphatic rings. The quantitative estimate of drug-likeness (QED) is 0.565. The van der Waals surface area contributed by atoms with Gasteiger partial charge in [0, 0.05) is 39.3 Å². The molecule has 1 aromatic rings. The molecule has 31 heavy (non-hydrogen) atoms. The number of amides is 3. The molecule has 170 valence electrons. The minimum Gasteiger partial charge on any atom is -0.338 e. The van der Waals surface area contributed by atoms with Crippen molar-refractivity contribution in [3.05, 3.63) is 33.3 Å². The van der Waals surface area contributed by atoms with E-state index in [0.717, 1.165) is 4.90 Å². The summed E-state index contributed by atoms with van der Waals surface area (Å²) in [6.07, 6.45) is 0. The number of carbonyl (C=O) groups excluding carboxylic acids is 3. The zero-order valence-corrected chi connectivity index (χ0v) is 19.8. The summed E-state index contributed by atoms with van der Waals surface area (Å²) in [5.41, 5.74) is 0.211. The molecule has 1 fully saturated rings. The molecular formula is C19H24Cl2N4O5S. The number of nitrogens with zero attached hydrogens (tertiary/aromatic N) is 4. The maximum Gasteiger partial charge on any atom is 0.282 e. The van der Waals surface area contributed by atoms with Crippen molar-refractivity contribution in [2.45, 2.75) is 26.8 Å². The van der Waals surface area contributed by atoms with Gasteiger partial charge < -0.3 is 4.90 Å². The van der Waals surface area contributed by atoms with Crippen molar-refractivity contribution in [1.29, 1.82) is 0 Å². The van der Waals surface area contributed by atoms with Crippen LogP contribution in [0.5, 0.6) is 0 Å². The van der Waals surface area contributed by atoms with E-state index >= 15 is 0 Å². The molecule has 3 amide bonds. The molecule has 1 aromatic carbocycles. The molecule has 1 atom stereocenters. The van der Waals surface area contributed by atoms with Crippen LogP contribution in [-0.4, -0.2) is 89.9 Å². The van der Waals surface area contributed by atoms with Gasteiger partial charge in [-0.3, -0.25) is 19.3 Å². The molecule has 9 nitrogen and oxygen atoms in total. The normalized spacial score (nSPS) is 18.6. The van der Waals surface area contributed by atoms with E-state index in [1.807, 2.05) is 0 Å². The van der Waals surface area contributed by atoms with Gasteiger partial charge in [-0.05, 0) is 19.1 Å². The number of hydrogen-bond donors (Lipinski definition) is 0.